The van der Waals surface area contributed by atoms with Gasteiger partial charge in [0.15, 0.2) is 0 Å². The Morgan fingerprint density at radius 3 is 2.35 bits per heavy atom. The predicted molar refractivity (Wildman–Crippen MR) is 64.2 cm³/mol. The highest BCUT2D eigenvalue weighted by atomic mass is 16.2. The molecule has 17 heavy (non-hydrogen) atoms. The topological polar surface area (TPSA) is 40.6 Å². The molecule has 90 valence electrons. The summed E-state index contributed by atoms with van der Waals surface area (Å²) >= 11 is 0. The molecule has 1 saturated heterocycles. The van der Waals surface area contributed by atoms with Crippen LogP contribution < -0.4 is 0 Å². The van der Waals surface area contributed by atoms with Crippen molar-refractivity contribution < 1.29 is 9.59 Å². The molecule has 0 aromatic heterocycles. The third kappa shape index (κ3) is 2.02. The highest BCUT2D eigenvalue weighted by Crippen LogP contribution is 2.20. The molecule has 3 amide bonds. The van der Waals surface area contributed by atoms with Crippen molar-refractivity contribution in [2.45, 2.75) is 25.9 Å². The van der Waals surface area contributed by atoms with Crippen LogP contribution in [0.25, 0.3) is 0 Å². The van der Waals surface area contributed by atoms with Gasteiger partial charge in [0.25, 0.3) is 5.91 Å². The Balaban J connectivity index is 2.17. The molecule has 0 N–H and O–H groups in total. The van der Waals surface area contributed by atoms with E-state index in [9.17, 15) is 9.59 Å². The van der Waals surface area contributed by atoms with Gasteiger partial charge in [-0.15, -0.1) is 0 Å². The molecular formula is C13H16N2O2. The van der Waals surface area contributed by atoms with Gasteiger partial charge in [0.05, 0.1) is 6.54 Å². The number of hydrogen-bond donors (Lipinski definition) is 0. The quantitative estimate of drug-likeness (QED) is 0.746. The van der Waals surface area contributed by atoms with Crippen molar-refractivity contribution in [3.05, 3.63) is 35.9 Å². The third-order valence-electron chi connectivity index (χ3n) is 3.12. The van der Waals surface area contributed by atoms with Crippen molar-refractivity contribution in [3.63, 3.8) is 0 Å². The molecule has 1 aromatic carbocycles. The average molecular weight is 232 g/mol. The van der Waals surface area contributed by atoms with Gasteiger partial charge in [0.1, 0.15) is 6.04 Å². The van der Waals surface area contributed by atoms with Gasteiger partial charge in [-0.25, -0.2) is 4.79 Å². The first-order valence-electron chi connectivity index (χ1n) is 5.77. The van der Waals surface area contributed by atoms with Gasteiger partial charge >= 0.3 is 6.03 Å². The minimum absolute atomic E-state index is 0.0937. The van der Waals surface area contributed by atoms with Crippen molar-refractivity contribution in [3.8, 4) is 0 Å². The molecule has 1 aromatic rings. The van der Waals surface area contributed by atoms with Crippen LogP contribution in [0, 0.1) is 0 Å². The van der Waals surface area contributed by atoms with E-state index in [-0.39, 0.29) is 18.0 Å². The van der Waals surface area contributed by atoms with E-state index in [0.29, 0.717) is 13.0 Å². The maximum Gasteiger partial charge on any atom is 0.327 e. The van der Waals surface area contributed by atoms with Crippen LogP contribution in [0.15, 0.2) is 30.3 Å². The van der Waals surface area contributed by atoms with Crippen LogP contribution in [-0.4, -0.2) is 34.8 Å². The molecule has 0 spiro atoms. The van der Waals surface area contributed by atoms with Crippen molar-refractivity contribution in [2.24, 2.45) is 0 Å². The fraction of sp³-hybridized carbons (Fsp3) is 0.385. The van der Waals surface area contributed by atoms with Gasteiger partial charge in [0.2, 0.25) is 0 Å². The van der Waals surface area contributed by atoms with E-state index in [0.717, 1.165) is 5.56 Å². The normalized spacial score (nSPS) is 20.2. The number of amides is 3. The molecule has 1 aliphatic heterocycles. The summed E-state index contributed by atoms with van der Waals surface area (Å²) in [6, 6.07) is 9.05. The lowest BCUT2D eigenvalue weighted by Crippen LogP contribution is -2.30. The largest absolute Gasteiger partial charge is 0.327 e. The summed E-state index contributed by atoms with van der Waals surface area (Å²) in [5.41, 5.74) is 0.972. The van der Waals surface area contributed by atoms with Crippen LogP contribution in [0.1, 0.15) is 18.9 Å². The molecular weight excluding hydrogens is 216 g/mol. The number of carbonyl (C=O) groups is 2. The average Bonchev–Trinajstić information content (AvgIpc) is 2.55. The lowest BCUT2D eigenvalue weighted by Gasteiger charge is -2.14. The molecule has 1 atom stereocenters. The number of nitrogens with zero attached hydrogens (tertiary/aromatic N) is 2. The monoisotopic (exact) mass is 232 g/mol. The van der Waals surface area contributed by atoms with Crippen LogP contribution >= 0.6 is 0 Å². The van der Waals surface area contributed by atoms with Crippen molar-refractivity contribution >= 4 is 11.9 Å². The Hall–Kier alpha value is -1.84. The number of rotatable bonds is 3. The Labute approximate surface area is 101 Å². The summed E-state index contributed by atoms with van der Waals surface area (Å²) in [7, 11) is 1.68. The highest BCUT2D eigenvalue weighted by Gasteiger charge is 2.41. The number of carbonyl (C=O) groups excluding carboxylic acids is 2. The first-order valence-corrected chi connectivity index (χ1v) is 5.77. The van der Waals surface area contributed by atoms with Crippen molar-refractivity contribution in [1.29, 1.82) is 0 Å². The van der Waals surface area contributed by atoms with E-state index in [1.165, 1.54) is 9.80 Å². The van der Waals surface area contributed by atoms with Gasteiger partial charge in [-0.3, -0.25) is 9.69 Å². The lowest BCUT2D eigenvalue weighted by atomic mass is 10.2. The molecule has 1 unspecified atom stereocenters. The maximum atomic E-state index is 12.0. The number of imide groups is 1. The first kappa shape index (κ1) is 11.6. The van der Waals surface area contributed by atoms with E-state index >= 15 is 0 Å². The molecule has 2 rings (SSSR count). The Kier molecular flexibility index (Phi) is 3.13. The second-order valence-electron chi connectivity index (χ2n) is 4.23. The van der Waals surface area contributed by atoms with Crippen LogP contribution in [0.3, 0.4) is 0 Å². The lowest BCUT2D eigenvalue weighted by molar-refractivity contribution is -0.128. The van der Waals surface area contributed by atoms with Crippen LogP contribution in [0.4, 0.5) is 4.79 Å². The van der Waals surface area contributed by atoms with Crippen molar-refractivity contribution in [2.75, 3.05) is 7.05 Å². The molecule has 1 fully saturated rings. The number of benzene rings is 1. The maximum absolute atomic E-state index is 12.0. The molecule has 4 heteroatoms. The van der Waals surface area contributed by atoms with Crippen molar-refractivity contribution in [1.82, 2.24) is 9.80 Å². The predicted octanol–water partition coefficient (Wildman–Crippen LogP) is 1.86. The van der Waals surface area contributed by atoms with Crippen LogP contribution in [0.5, 0.6) is 0 Å². The molecule has 0 radical (unpaired) electrons. The third-order valence-corrected chi connectivity index (χ3v) is 3.12. The second-order valence-corrected chi connectivity index (χ2v) is 4.23. The number of urea groups is 1. The second kappa shape index (κ2) is 4.57. The fourth-order valence-corrected chi connectivity index (χ4v) is 2.12. The summed E-state index contributed by atoms with van der Waals surface area (Å²) in [5, 5.41) is 0. The zero-order valence-corrected chi connectivity index (χ0v) is 10.1. The molecule has 0 bridgehead atoms. The molecule has 1 aliphatic rings. The summed E-state index contributed by atoms with van der Waals surface area (Å²) in [5.74, 6) is -0.0937. The molecule has 0 aliphatic carbocycles. The molecule has 1 heterocycles. The first-order chi connectivity index (χ1) is 8.15. The van der Waals surface area contributed by atoms with Gasteiger partial charge in [0, 0.05) is 7.05 Å². The van der Waals surface area contributed by atoms with Crippen LogP contribution in [0.2, 0.25) is 0 Å². The summed E-state index contributed by atoms with van der Waals surface area (Å²) < 4.78 is 0. The highest BCUT2D eigenvalue weighted by molar-refractivity contribution is 6.03. The van der Waals surface area contributed by atoms with Gasteiger partial charge in [-0.1, -0.05) is 37.3 Å². The summed E-state index contributed by atoms with van der Waals surface area (Å²) in [6.45, 7) is 2.28. The zero-order chi connectivity index (χ0) is 12.4. The molecule has 4 nitrogen and oxygen atoms in total. The summed E-state index contributed by atoms with van der Waals surface area (Å²) in [4.78, 5) is 26.8. The van der Waals surface area contributed by atoms with E-state index in [1.54, 1.807) is 7.05 Å². The van der Waals surface area contributed by atoms with E-state index in [4.69, 9.17) is 0 Å². The zero-order valence-electron chi connectivity index (χ0n) is 10.1. The van der Waals surface area contributed by atoms with E-state index < -0.39 is 0 Å². The van der Waals surface area contributed by atoms with Gasteiger partial charge in [-0.2, -0.15) is 0 Å². The Morgan fingerprint density at radius 2 is 1.82 bits per heavy atom. The standard InChI is InChI=1S/C13H16N2O2/c1-3-11-12(16)15(13(17)14(11)2)9-10-7-5-4-6-8-10/h4-8,11H,3,9H2,1-2H3. The number of likely N-dealkylation sites (N-methyl/N-ethyl adjacent to an activating group) is 1. The SMILES string of the molecule is CCC1C(=O)N(Cc2ccccc2)C(=O)N1C. The van der Waals surface area contributed by atoms with E-state index in [2.05, 4.69) is 0 Å². The van der Waals surface area contributed by atoms with E-state index in [1.807, 2.05) is 37.3 Å². The fourth-order valence-electron chi connectivity index (χ4n) is 2.12. The van der Waals surface area contributed by atoms with Gasteiger partial charge < -0.3 is 4.90 Å². The van der Waals surface area contributed by atoms with Gasteiger partial charge in [-0.05, 0) is 12.0 Å². The minimum atomic E-state index is -0.300. The molecule has 0 saturated carbocycles. The van der Waals surface area contributed by atoms with Crippen LogP contribution in [-0.2, 0) is 11.3 Å². The minimum Gasteiger partial charge on any atom is -0.315 e. The summed E-state index contributed by atoms with van der Waals surface area (Å²) in [6.07, 6.45) is 0.659. The number of hydrogen-bond acceptors (Lipinski definition) is 2. The Bertz CT molecular complexity index is 430. The smallest absolute Gasteiger partial charge is 0.315 e. The Morgan fingerprint density at radius 1 is 1.18 bits per heavy atom.